The molecular formula is C24H27FN2O5S2. The number of carboxylic acids is 1. The SMILES string of the molecule is CSc1cc2c(cc1O/C=C(\F)C(=O)O)S(=O)(=O)N(C)C(CCC1CC1)CN2c1ccccc1. The summed E-state index contributed by atoms with van der Waals surface area (Å²) in [5.41, 5.74) is 1.37. The molecule has 4 rings (SSSR count). The summed E-state index contributed by atoms with van der Waals surface area (Å²) in [6.45, 7) is 0.487. The Hall–Kier alpha value is -2.56. The molecular weight excluding hydrogens is 479 g/mol. The Morgan fingerprint density at radius 1 is 1.24 bits per heavy atom. The molecule has 1 unspecified atom stereocenters. The molecule has 1 heterocycles. The van der Waals surface area contributed by atoms with Gasteiger partial charge in [-0.25, -0.2) is 13.2 Å². The third kappa shape index (κ3) is 5.08. The number of benzene rings is 2. The predicted octanol–water partition coefficient (Wildman–Crippen LogP) is 5.01. The summed E-state index contributed by atoms with van der Waals surface area (Å²) >= 11 is 1.30. The summed E-state index contributed by atoms with van der Waals surface area (Å²) in [5.74, 6) is -2.50. The van der Waals surface area contributed by atoms with Gasteiger partial charge in [0.15, 0.2) is 0 Å². The predicted molar refractivity (Wildman–Crippen MR) is 130 cm³/mol. The maximum atomic E-state index is 13.7. The lowest BCUT2D eigenvalue weighted by atomic mass is 10.1. The monoisotopic (exact) mass is 506 g/mol. The van der Waals surface area contributed by atoms with Crippen LogP contribution in [0.1, 0.15) is 25.7 Å². The number of anilines is 2. The number of nitrogens with zero attached hydrogens (tertiary/aromatic N) is 2. The molecule has 182 valence electrons. The Balaban J connectivity index is 1.84. The lowest BCUT2D eigenvalue weighted by Gasteiger charge is -2.29. The Morgan fingerprint density at radius 3 is 2.56 bits per heavy atom. The van der Waals surface area contributed by atoms with E-state index in [0.29, 0.717) is 29.3 Å². The van der Waals surface area contributed by atoms with Gasteiger partial charge in [-0.15, -0.1) is 11.8 Å². The molecule has 1 atom stereocenters. The minimum atomic E-state index is -3.91. The number of rotatable bonds is 8. The van der Waals surface area contributed by atoms with Crippen molar-refractivity contribution in [2.75, 3.05) is 24.7 Å². The van der Waals surface area contributed by atoms with Crippen LogP contribution in [0.4, 0.5) is 15.8 Å². The quantitative estimate of drug-likeness (QED) is 0.306. The summed E-state index contributed by atoms with van der Waals surface area (Å²) in [4.78, 5) is 13.4. The first kappa shape index (κ1) is 24.6. The second kappa shape index (κ2) is 9.97. The highest BCUT2D eigenvalue weighted by Crippen LogP contribution is 2.44. The lowest BCUT2D eigenvalue weighted by Crippen LogP contribution is -2.40. The summed E-state index contributed by atoms with van der Waals surface area (Å²) < 4.78 is 47.7. The van der Waals surface area contributed by atoms with Gasteiger partial charge in [-0.1, -0.05) is 31.0 Å². The number of halogens is 1. The smallest absolute Gasteiger partial charge is 0.368 e. The molecule has 1 fully saturated rings. The first-order chi connectivity index (χ1) is 16.2. The van der Waals surface area contributed by atoms with Gasteiger partial charge in [0.2, 0.25) is 15.9 Å². The Bertz CT molecular complexity index is 1200. The summed E-state index contributed by atoms with van der Waals surface area (Å²) in [6, 6.07) is 12.4. The average Bonchev–Trinajstić information content (AvgIpc) is 3.67. The van der Waals surface area contributed by atoms with E-state index < -0.39 is 21.8 Å². The van der Waals surface area contributed by atoms with Crippen LogP contribution in [0.25, 0.3) is 0 Å². The van der Waals surface area contributed by atoms with Crippen molar-refractivity contribution >= 4 is 39.1 Å². The van der Waals surface area contributed by atoms with Crippen LogP contribution in [0.3, 0.4) is 0 Å². The van der Waals surface area contributed by atoms with Crippen molar-refractivity contribution in [2.24, 2.45) is 5.92 Å². The first-order valence-electron chi connectivity index (χ1n) is 11.0. The average molecular weight is 507 g/mol. The molecule has 1 aliphatic carbocycles. The Morgan fingerprint density at radius 2 is 1.94 bits per heavy atom. The molecule has 7 nitrogen and oxygen atoms in total. The van der Waals surface area contributed by atoms with Crippen LogP contribution in [0.5, 0.6) is 5.75 Å². The van der Waals surface area contributed by atoms with Gasteiger partial charge in [0.1, 0.15) is 16.9 Å². The van der Waals surface area contributed by atoms with Crippen molar-refractivity contribution in [2.45, 2.75) is 41.5 Å². The van der Waals surface area contributed by atoms with E-state index in [9.17, 15) is 17.6 Å². The van der Waals surface area contributed by atoms with Gasteiger partial charge in [0, 0.05) is 31.4 Å². The number of likely N-dealkylation sites (N-methyl/N-ethyl adjacent to an activating group) is 1. The number of carboxylic acid groups (broad SMARTS) is 1. The summed E-state index contributed by atoms with van der Waals surface area (Å²) in [7, 11) is -2.31. The van der Waals surface area contributed by atoms with Crippen molar-refractivity contribution < 1.29 is 27.4 Å². The Labute approximate surface area is 203 Å². The largest absolute Gasteiger partial charge is 0.476 e. The maximum Gasteiger partial charge on any atom is 0.368 e. The number of hydrogen-bond donors (Lipinski definition) is 1. The van der Waals surface area contributed by atoms with Gasteiger partial charge in [-0.2, -0.15) is 8.70 Å². The van der Waals surface area contributed by atoms with Crippen molar-refractivity contribution in [3.8, 4) is 5.75 Å². The number of fused-ring (bicyclic) bond motifs is 1. The van der Waals surface area contributed by atoms with E-state index in [2.05, 4.69) is 0 Å². The van der Waals surface area contributed by atoms with Crippen LogP contribution in [0.2, 0.25) is 0 Å². The van der Waals surface area contributed by atoms with Crippen molar-refractivity contribution in [1.82, 2.24) is 4.31 Å². The molecule has 0 saturated heterocycles. The maximum absolute atomic E-state index is 13.7. The fourth-order valence-corrected chi connectivity index (χ4v) is 6.20. The number of aliphatic carboxylic acids is 1. The number of sulfonamides is 1. The second-order valence-corrected chi connectivity index (χ2v) is 11.3. The second-order valence-electron chi connectivity index (χ2n) is 8.50. The molecule has 10 heteroatoms. The zero-order valence-electron chi connectivity index (χ0n) is 19.0. The van der Waals surface area contributed by atoms with Crippen LogP contribution in [-0.2, 0) is 14.8 Å². The number of carbonyl (C=O) groups is 1. The van der Waals surface area contributed by atoms with E-state index in [-0.39, 0.29) is 16.7 Å². The highest BCUT2D eigenvalue weighted by atomic mass is 32.2. The zero-order chi connectivity index (χ0) is 24.5. The number of hydrogen-bond acceptors (Lipinski definition) is 6. The van der Waals surface area contributed by atoms with E-state index in [1.807, 2.05) is 35.2 Å². The topological polar surface area (TPSA) is 87.1 Å². The third-order valence-corrected chi connectivity index (χ3v) is 8.97. The number of para-hydroxylation sites is 1. The third-order valence-electron chi connectivity index (χ3n) is 6.27. The molecule has 0 radical (unpaired) electrons. The molecule has 2 aromatic rings. The van der Waals surface area contributed by atoms with Gasteiger partial charge < -0.3 is 14.7 Å². The van der Waals surface area contributed by atoms with E-state index >= 15 is 0 Å². The molecule has 2 aliphatic rings. The molecule has 0 amide bonds. The van der Waals surface area contributed by atoms with Gasteiger partial charge in [0.25, 0.3) is 0 Å². The van der Waals surface area contributed by atoms with E-state index in [1.54, 1.807) is 19.4 Å². The van der Waals surface area contributed by atoms with Crippen molar-refractivity contribution in [3.63, 3.8) is 0 Å². The number of ether oxygens (including phenoxy) is 1. The van der Waals surface area contributed by atoms with Crippen LogP contribution < -0.4 is 9.64 Å². The highest BCUT2D eigenvalue weighted by molar-refractivity contribution is 7.98. The zero-order valence-corrected chi connectivity index (χ0v) is 20.6. The normalized spacial score (nSPS) is 20.5. The van der Waals surface area contributed by atoms with E-state index in [0.717, 1.165) is 18.5 Å². The van der Waals surface area contributed by atoms with E-state index in [1.165, 1.54) is 35.0 Å². The molecule has 2 aromatic carbocycles. The van der Waals surface area contributed by atoms with Gasteiger partial charge >= 0.3 is 5.97 Å². The van der Waals surface area contributed by atoms with Gasteiger partial charge in [0.05, 0.1) is 10.6 Å². The molecule has 1 saturated carbocycles. The van der Waals surface area contributed by atoms with Crippen LogP contribution in [0, 0.1) is 5.92 Å². The lowest BCUT2D eigenvalue weighted by molar-refractivity contribution is -0.134. The molecule has 0 bridgehead atoms. The minimum Gasteiger partial charge on any atom is -0.476 e. The van der Waals surface area contributed by atoms with Crippen LogP contribution >= 0.6 is 11.8 Å². The van der Waals surface area contributed by atoms with Crippen molar-refractivity contribution in [3.05, 3.63) is 54.6 Å². The van der Waals surface area contributed by atoms with E-state index in [4.69, 9.17) is 9.84 Å². The minimum absolute atomic E-state index is 0.0321. The van der Waals surface area contributed by atoms with Crippen molar-refractivity contribution in [1.29, 1.82) is 0 Å². The van der Waals surface area contributed by atoms with Gasteiger partial charge in [-0.3, -0.25) is 0 Å². The number of thioether (sulfide) groups is 1. The standard InChI is InChI=1S/C24H27FN2O5S2/c1-26-18(11-10-16-8-9-16)14-27(17-6-4-3-5-7-17)20-12-22(33-2)21(13-23(20)34(26,30)31)32-15-19(25)24(28)29/h3-7,12-13,15-16,18H,8-11,14H2,1-2H3,(H,28,29)/b19-15-. The first-order valence-corrected chi connectivity index (χ1v) is 13.7. The summed E-state index contributed by atoms with van der Waals surface area (Å²) in [6.07, 6.45) is 6.39. The molecule has 1 N–H and O–H groups in total. The molecule has 34 heavy (non-hydrogen) atoms. The van der Waals surface area contributed by atoms with Gasteiger partial charge in [-0.05, 0) is 43.2 Å². The fourth-order valence-electron chi connectivity index (χ4n) is 4.10. The molecule has 0 aromatic heterocycles. The van der Waals surface area contributed by atoms with Crippen LogP contribution in [-0.4, -0.2) is 49.7 Å². The van der Waals surface area contributed by atoms with Crippen LogP contribution in [0.15, 0.2) is 64.3 Å². The fraction of sp³-hybridized carbons (Fsp3) is 0.375. The molecule has 0 spiro atoms. The molecule has 1 aliphatic heterocycles. The Kier molecular flexibility index (Phi) is 7.20. The summed E-state index contributed by atoms with van der Waals surface area (Å²) in [5, 5.41) is 8.78. The highest BCUT2D eigenvalue weighted by Gasteiger charge is 2.38.